The number of nitrogens with one attached hydrogen (secondary N) is 2. The van der Waals surface area contributed by atoms with Crippen molar-refractivity contribution >= 4 is 63.1 Å². The van der Waals surface area contributed by atoms with Gasteiger partial charge in [-0.05, 0) is 162 Å². The van der Waals surface area contributed by atoms with Gasteiger partial charge in [0.25, 0.3) is 11.5 Å². The Morgan fingerprint density at radius 2 is 1.66 bits per heavy atom. The first-order valence-electron chi connectivity index (χ1n) is 25.7. The van der Waals surface area contributed by atoms with Crippen molar-refractivity contribution in [2.45, 2.75) is 103 Å². The molecule has 9 rings (SSSR count). The SMILES string of the molecule is COc1cc2nc(C)nc(N[C@H](C)c3cc(-c4c(Cl)cccc4CN(C)C)cs3)c2cc1C1CCC(C(=O)N2CCC(CCCOC3CCN(C(=O)c4ccc(Cl)c(-n5ccc(=O)[nH]c5=O)c4)CC3)CC2)CC1. The molecule has 14 nitrogen and oxygen atoms in total. The Morgan fingerprint density at radius 1 is 0.904 bits per heavy atom. The second-order valence-electron chi connectivity index (χ2n) is 20.3. The molecule has 3 aromatic heterocycles. The molecule has 2 saturated heterocycles. The molecule has 3 aromatic carbocycles. The quantitative estimate of drug-likeness (QED) is 0.0895. The van der Waals surface area contributed by atoms with Crippen molar-refractivity contribution in [2.24, 2.45) is 11.8 Å². The summed E-state index contributed by atoms with van der Waals surface area (Å²) >= 11 is 14.9. The normalized spacial score (nSPS) is 18.4. The lowest BCUT2D eigenvalue weighted by Crippen LogP contribution is -2.42. The summed E-state index contributed by atoms with van der Waals surface area (Å²) in [5.74, 6) is 3.36. The van der Waals surface area contributed by atoms with E-state index in [2.05, 4.69) is 70.8 Å². The molecule has 17 heteroatoms. The van der Waals surface area contributed by atoms with Crippen molar-refractivity contribution in [1.29, 1.82) is 0 Å². The molecule has 2 amide bonds. The van der Waals surface area contributed by atoms with Crippen LogP contribution in [0.2, 0.25) is 10.0 Å². The molecule has 386 valence electrons. The van der Waals surface area contributed by atoms with Crippen LogP contribution in [0, 0.1) is 18.8 Å². The monoisotopic (exact) mass is 1050 g/mol. The van der Waals surface area contributed by atoms with Crippen LogP contribution in [0.3, 0.4) is 0 Å². The number of hydrogen-bond donors (Lipinski definition) is 2. The molecule has 73 heavy (non-hydrogen) atoms. The van der Waals surface area contributed by atoms with E-state index in [4.69, 9.17) is 42.6 Å². The molecule has 1 atom stereocenters. The molecule has 2 N–H and O–H groups in total. The number of anilines is 1. The van der Waals surface area contributed by atoms with Crippen molar-refractivity contribution in [3.05, 3.63) is 131 Å². The fourth-order valence-corrected chi connectivity index (χ4v) is 12.5. The lowest BCUT2D eigenvalue weighted by molar-refractivity contribution is -0.138. The number of thiophene rings is 1. The van der Waals surface area contributed by atoms with Gasteiger partial charge in [0, 0.05) is 90.0 Å². The van der Waals surface area contributed by atoms with Gasteiger partial charge in [-0.2, -0.15) is 0 Å². The first kappa shape index (κ1) is 52.3. The number of H-pyrrole nitrogens is 1. The van der Waals surface area contributed by atoms with Gasteiger partial charge < -0.3 is 29.5 Å². The van der Waals surface area contributed by atoms with E-state index in [9.17, 15) is 19.2 Å². The lowest BCUT2D eigenvalue weighted by atomic mass is 9.77. The number of halogens is 2. The number of rotatable bonds is 16. The summed E-state index contributed by atoms with van der Waals surface area (Å²) in [5, 5.41) is 7.93. The molecular formula is C56H66Cl2N8O6S. The van der Waals surface area contributed by atoms with Crippen LogP contribution in [-0.2, 0) is 16.1 Å². The Bertz CT molecular complexity index is 3060. The lowest BCUT2D eigenvalue weighted by Gasteiger charge is -2.36. The molecule has 0 bridgehead atoms. The Hall–Kier alpha value is -5.58. The summed E-state index contributed by atoms with van der Waals surface area (Å²) in [5.41, 5.74) is 4.99. The fourth-order valence-electron chi connectivity index (χ4n) is 11.1. The standard InChI is InChI=1S/C56H66Cl2N8O6S/c1-34(50-29-41(33-73-50)52-40(32-63(3)4)9-6-10-46(52)58)59-53-44-30-43(49(71-5)31-47(44)60-35(2)61-53)37-11-13-38(14-12-37)54(68)64-22-17-36(18-23-64)8-7-27-72-42-19-24-65(25-20-42)55(69)39-15-16-45(57)48(28-39)66-26-21-51(67)62-56(66)70/h6,9-10,15-16,21,26,28-31,33-34,36-38,42H,7-8,11-14,17-20,22-25,27,32H2,1-5H3,(H,59,60,61)(H,62,67,70)/t34-,37?,38?/m1/s1. The van der Waals surface area contributed by atoms with Crippen LogP contribution in [-0.4, -0.2) is 106 Å². The first-order valence-corrected chi connectivity index (χ1v) is 27.3. The topological polar surface area (TPSA) is 155 Å². The number of carbonyl (C=O) groups excluding carboxylic acids is 2. The molecule has 0 unspecified atom stereocenters. The highest BCUT2D eigenvalue weighted by Crippen LogP contribution is 2.44. The highest BCUT2D eigenvalue weighted by molar-refractivity contribution is 7.10. The minimum atomic E-state index is -0.627. The van der Waals surface area contributed by atoms with E-state index in [1.807, 2.05) is 24.0 Å². The van der Waals surface area contributed by atoms with Crippen LogP contribution < -0.4 is 21.3 Å². The van der Waals surface area contributed by atoms with E-state index < -0.39 is 11.2 Å². The van der Waals surface area contributed by atoms with Crippen LogP contribution in [0.5, 0.6) is 5.75 Å². The van der Waals surface area contributed by atoms with Crippen LogP contribution in [0.4, 0.5) is 5.82 Å². The average molecular weight is 1050 g/mol. The summed E-state index contributed by atoms with van der Waals surface area (Å²) in [4.78, 5) is 70.6. The summed E-state index contributed by atoms with van der Waals surface area (Å²) < 4.78 is 13.5. The minimum absolute atomic E-state index is 0.0174. The molecule has 1 saturated carbocycles. The maximum atomic E-state index is 13.9. The second-order valence-corrected chi connectivity index (χ2v) is 22.1. The zero-order valence-electron chi connectivity index (χ0n) is 42.4. The number of carbonyl (C=O) groups is 2. The number of benzene rings is 3. The third-order valence-electron chi connectivity index (χ3n) is 15.0. The van der Waals surface area contributed by atoms with E-state index in [-0.39, 0.29) is 29.9 Å². The third kappa shape index (κ3) is 12.2. The number of hydrogen-bond acceptors (Lipinski definition) is 11. The van der Waals surface area contributed by atoms with Gasteiger partial charge in [-0.3, -0.25) is 23.9 Å². The average Bonchev–Trinajstić information content (AvgIpc) is 3.88. The number of methoxy groups -OCH3 is 1. The molecule has 0 spiro atoms. The molecule has 3 aliphatic rings. The number of aromatic amines is 1. The van der Waals surface area contributed by atoms with E-state index in [0.717, 1.165) is 128 Å². The number of piperidine rings is 2. The van der Waals surface area contributed by atoms with Crippen LogP contribution >= 0.6 is 34.5 Å². The predicted molar refractivity (Wildman–Crippen MR) is 291 cm³/mol. The molecule has 6 aromatic rings. The van der Waals surface area contributed by atoms with E-state index in [1.54, 1.807) is 36.6 Å². The number of aryl methyl sites for hydroxylation is 1. The smallest absolute Gasteiger partial charge is 0.332 e. The molecule has 0 radical (unpaired) electrons. The van der Waals surface area contributed by atoms with E-state index in [1.165, 1.54) is 27.3 Å². The number of fused-ring (bicyclic) bond motifs is 1. The number of nitrogens with zero attached hydrogens (tertiary/aromatic N) is 6. The summed E-state index contributed by atoms with van der Waals surface area (Å²) in [6.45, 7) is 8.33. The van der Waals surface area contributed by atoms with Gasteiger partial charge in [0.1, 0.15) is 17.4 Å². The summed E-state index contributed by atoms with van der Waals surface area (Å²) in [7, 11) is 5.86. The van der Waals surface area contributed by atoms with Crippen LogP contribution in [0.1, 0.15) is 115 Å². The van der Waals surface area contributed by atoms with Crippen molar-refractivity contribution < 1.29 is 19.1 Å². The Morgan fingerprint density at radius 3 is 2.38 bits per heavy atom. The molecule has 2 aliphatic heterocycles. The van der Waals surface area contributed by atoms with Gasteiger partial charge in [0.05, 0.1) is 35.5 Å². The van der Waals surface area contributed by atoms with Crippen molar-refractivity contribution in [3.63, 3.8) is 0 Å². The molecule has 1 aliphatic carbocycles. The number of ether oxygens (including phenoxy) is 2. The third-order valence-corrected chi connectivity index (χ3v) is 16.7. The summed E-state index contributed by atoms with van der Waals surface area (Å²) in [6, 6.07) is 18.7. The van der Waals surface area contributed by atoms with E-state index >= 15 is 0 Å². The Balaban J connectivity index is 0.724. The molecule has 5 heterocycles. The Labute approximate surface area is 441 Å². The highest BCUT2D eigenvalue weighted by atomic mass is 35.5. The van der Waals surface area contributed by atoms with Gasteiger partial charge in [-0.1, -0.05) is 35.3 Å². The highest BCUT2D eigenvalue weighted by Gasteiger charge is 2.34. The Kier molecular flexibility index (Phi) is 16.7. The van der Waals surface area contributed by atoms with Gasteiger partial charge in [0.2, 0.25) is 5.91 Å². The van der Waals surface area contributed by atoms with Crippen molar-refractivity contribution in [3.8, 4) is 22.6 Å². The summed E-state index contributed by atoms with van der Waals surface area (Å²) in [6.07, 6.45) is 10.6. The van der Waals surface area contributed by atoms with Gasteiger partial charge in [-0.15, -0.1) is 11.3 Å². The van der Waals surface area contributed by atoms with Gasteiger partial charge >= 0.3 is 5.69 Å². The second kappa shape index (κ2) is 23.3. The largest absolute Gasteiger partial charge is 0.496 e. The zero-order chi connectivity index (χ0) is 51.3. The maximum Gasteiger partial charge on any atom is 0.332 e. The van der Waals surface area contributed by atoms with Crippen LogP contribution in [0.15, 0.2) is 81.8 Å². The number of likely N-dealkylation sites (tertiary alicyclic amines) is 2. The maximum absolute atomic E-state index is 13.9. The molecular weight excluding hydrogens is 984 g/mol. The number of aromatic nitrogens is 4. The van der Waals surface area contributed by atoms with Crippen LogP contribution in [0.25, 0.3) is 27.7 Å². The van der Waals surface area contributed by atoms with Crippen molar-refractivity contribution in [2.75, 3.05) is 59.3 Å². The molecule has 3 fully saturated rings. The van der Waals surface area contributed by atoms with E-state index in [0.29, 0.717) is 53.6 Å². The minimum Gasteiger partial charge on any atom is -0.496 e. The number of amides is 2. The first-order chi connectivity index (χ1) is 35.2. The van der Waals surface area contributed by atoms with Gasteiger partial charge in [-0.25, -0.2) is 14.8 Å². The van der Waals surface area contributed by atoms with Gasteiger partial charge in [0.15, 0.2) is 0 Å². The zero-order valence-corrected chi connectivity index (χ0v) is 44.8. The van der Waals surface area contributed by atoms with Crippen molar-refractivity contribution in [1.82, 2.24) is 34.2 Å². The predicted octanol–water partition coefficient (Wildman–Crippen LogP) is 10.7. The fraction of sp³-hybridized carbons (Fsp3) is 0.464.